The second kappa shape index (κ2) is 8.02. The Morgan fingerprint density at radius 1 is 1.30 bits per heavy atom. The summed E-state index contributed by atoms with van der Waals surface area (Å²) in [6.07, 6.45) is 9.36. The first-order valence-corrected chi connectivity index (χ1v) is 11.3. The number of aliphatic hydroxyl groups is 1. The van der Waals surface area contributed by atoms with Gasteiger partial charge in [0.1, 0.15) is 10.7 Å². The SMILES string of the molecule is CC1CCc2c(sc3nc(C(C)N(CCO)C4CCCCC4)[nH]c(=O)c23)C1. The number of aromatic nitrogens is 2. The number of aliphatic hydroxyl groups excluding tert-OH is 1. The predicted molar refractivity (Wildman–Crippen MR) is 111 cm³/mol. The van der Waals surface area contributed by atoms with Crippen LogP contribution in [0.1, 0.15) is 74.7 Å². The molecule has 0 bridgehead atoms. The van der Waals surface area contributed by atoms with Crippen LogP contribution >= 0.6 is 11.3 Å². The molecule has 148 valence electrons. The third-order valence-corrected chi connectivity index (χ3v) is 7.63. The summed E-state index contributed by atoms with van der Waals surface area (Å²) in [6, 6.07) is 0.481. The summed E-state index contributed by atoms with van der Waals surface area (Å²) in [5.74, 6) is 1.44. The van der Waals surface area contributed by atoms with Crippen molar-refractivity contribution in [3.63, 3.8) is 0 Å². The minimum Gasteiger partial charge on any atom is -0.395 e. The fourth-order valence-corrected chi connectivity index (χ4v) is 6.33. The van der Waals surface area contributed by atoms with Gasteiger partial charge in [0.2, 0.25) is 0 Å². The topological polar surface area (TPSA) is 69.2 Å². The van der Waals surface area contributed by atoms with Crippen LogP contribution in [0, 0.1) is 5.92 Å². The molecule has 0 aliphatic heterocycles. The average Bonchev–Trinajstić information content (AvgIpc) is 3.04. The molecule has 0 radical (unpaired) electrons. The largest absolute Gasteiger partial charge is 0.395 e. The molecule has 0 saturated heterocycles. The molecule has 1 fully saturated rings. The molecule has 5 nitrogen and oxygen atoms in total. The zero-order valence-electron chi connectivity index (χ0n) is 16.5. The maximum Gasteiger partial charge on any atom is 0.259 e. The second-order valence-corrected chi connectivity index (χ2v) is 9.50. The molecule has 2 unspecified atom stereocenters. The summed E-state index contributed by atoms with van der Waals surface area (Å²) >= 11 is 1.71. The molecule has 0 spiro atoms. The van der Waals surface area contributed by atoms with Crippen LogP contribution in [-0.2, 0) is 12.8 Å². The molecular formula is C21H31N3O2S. The number of rotatable bonds is 5. The summed E-state index contributed by atoms with van der Waals surface area (Å²) in [5.41, 5.74) is 1.25. The molecule has 2 aliphatic rings. The predicted octanol–water partition coefficient (Wildman–Crippen LogP) is 3.80. The van der Waals surface area contributed by atoms with E-state index in [-0.39, 0.29) is 18.2 Å². The van der Waals surface area contributed by atoms with Crippen molar-refractivity contribution in [1.82, 2.24) is 14.9 Å². The van der Waals surface area contributed by atoms with Gasteiger partial charge in [-0.2, -0.15) is 0 Å². The fourth-order valence-electron chi connectivity index (χ4n) is 4.94. The van der Waals surface area contributed by atoms with E-state index in [2.05, 4.69) is 23.7 Å². The fraction of sp³-hybridized carbons (Fsp3) is 0.714. The quantitative estimate of drug-likeness (QED) is 0.816. The number of fused-ring (bicyclic) bond motifs is 3. The Kier molecular flexibility index (Phi) is 5.67. The van der Waals surface area contributed by atoms with Crippen LogP contribution in [0.3, 0.4) is 0 Å². The van der Waals surface area contributed by atoms with E-state index in [9.17, 15) is 9.90 Å². The maximum atomic E-state index is 12.9. The second-order valence-electron chi connectivity index (χ2n) is 8.41. The van der Waals surface area contributed by atoms with Gasteiger partial charge >= 0.3 is 0 Å². The van der Waals surface area contributed by atoms with Gasteiger partial charge in [0.15, 0.2) is 0 Å². The van der Waals surface area contributed by atoms with E-state index in [1.165, 1.54) is 42.5 Å². The van der Waals surface area contributed by atoms with Gasteiger partial charge in [-0.1, -0.05) is 26.2 Å². The van der Waals surface area contributed by atoms with Gasteiger partial charge in [-0.05, 0) is 50.5 Å². The first kappa shape index (κ1) is 19.1. The van der Waals surface area contributed by atoms with Gasteiger partial charge in [-0.25, -0.2) is 4.98 Å². The Balaban J connectivity index is 1.68. The normalized spacial score (nSPS) is 22.3. The zero-order chi connectivity index (χ0) is 19.0. The highest BCUT2D eigenvalue weighted by atomic mass is 32.1. The highest BCUT2D eigenvalue weighted by Gasteiger charge is 2.29. The average molecular weight is 390 g/mol. The highest BCUT2D eigenvalue weighted by molar-refractivity contribution is 7.18. The molecule has 2 N–H and O–H groups in total. The number of hydrogen-bond acceptors (Lipinski definition) is 5. The summed E-state index contributed by atoms with van der Waals surface area (Å²) in [7, 11) is 0. The van der Waals surface area contributed by atoms with E-state index in [0.717, 1.165) is 35.3 Å². The summed E-state index contributed by atoms with van der Waals surface area (Å²) < 4.78 is 0. The zero-order valence-corrected chi connectivity index (χ0v) is 17.3. The molecule has 2 aromatic rings. The van der Waals surface area contributed by atoms with Gasteiger partial charge in [-0.3, -0.25) is 9.69 Å². The van der Waals surface area contributed by atoms with Crippen LogP contribution in [0.25, 0.3) is 10.2 Å². The number of aryl methyl sites for hydroxylation is 1. The third kappa shape index (κ3) is 3.71. The highest BCUT2D eigenvalue weighted by Crippen LogP contribution is 2.36. The molecule has 27 heavy (non-hydrogen) atoms. The molecule has 2 aliphatic carbocycles. The van der Waals surface area contributed by atoms with Gasteiger partial charge in [0.25, 0.3) is 5.56 Å². The van der Waals surface area contributed by atoms with Crippen molar-refractivity contribution >= 4 is 21.6 Å². The van der Waals surface area contributed by atoms with Gasteiger partial charge in [-0.15, -0.1) is 11.3 Å². The van der Waals surface area contributed by atoms with Crippen LogP contribution in [-0.4, -0.2) is 39.2 Å². The van der Waals surface area contributed by atoms with Crippen molar-refractivity contribution in [2.45, 2.75) is 77.3 Å². The van der Waals surface area contributed by atoms with E-state index >= 15 is 0 Å². The minimum absolute atomic E-state index is 0.00963. The van der Waals surface area contributed by atoms with Crippen molar-refractivity contribution < 1.29 is 5.11 Å². The lowest BCUT2D eigenvalue weighted by Crippen LogP contribution is -2.41. The number of hydrogen-bond donors (Lipinski definition) is 2. The molecule has 6 heteroatoms. The molecular weight excluding hydrogens is 358 g/mol. The number of H-pyrrole nitrogens is 1. The molecule has 4 rings (SSSR count). The van der Waals surface area contributed by atoms with Crippen LogP contribution in [0.15, 0.2) is 4.79 Å². The Bertz CT molecular complexity index is 853. The molecule has 0 amide bonds. The summed E-state index contributed by atoms with van der Waals surface area (Å²) in [5, 5.41) is 10.4. The van der Waals surface area contributed by atoms with Crippen molar-refractivity contribution in [2.24, 2.45) is 5.92 Å². The number of aromatic amines is 1. The van der Waals surface area contributed by atoms with Crippen molar-refractivity contribution in [1.29, 1.82) is 0 Å². The number of thiophene rings is 1. The van der Waals surface area contributed by atoms with E-state index in [1.54, 1.807) is 11.3 Å². The van der Waals surface area contributed by atoms with Gasteiger partial charge < -0.3 is 10.1 Å². The Morgan fingerprint density at radius 2 is 2.07 bits per heavy atom. The lowest BCUT2D eigenvalue weighted by atomic mass is 9.89. The standard InChI is InChI=1S/C21H31N3O2S/c1-13-8-9-16-17(12-13)27-21-18(16)20(26)22-19(23-21)14(2)24(10-11-25)15-6-4-3-5-7-15/h13-15,25H,3-12H2,1-2H3,(H,22,23,26). The molecule has 0 aromatic carbocycles. The molecule has 2 atom stereocenters. The molecule has 2 heterocycles. The van der Waals surface area contributed by atoms with Crippen LogP contribution in [0.5, 0.6) is 0 Å². The van der Waals surface area contributed by atoms with E-state index in [4.69, 9.17) is 4.98 Å². The van der Waals surface area contributed by atoms with Gasteiger partial charge in [0, 0.05) is 17.5 Å². The minimum atomic E-state index is 0.00963. The Labute approximate surface area is 164 Å². The van der Waals surface area contributed by atoms with E-state index < -0.39 is 0 Å². The first-order chi connectivity index (χ1) is 13.1. The van der Waals surface area contributed by atoms with Crippen LogP contribution in [0.4, 0.5) is 0 Å². The number of nitrogens with one attached hydrogen (secondary N) is 1. The van der Waals surface area contributed by atoms with Gasteiger partial charge in [0.05, 0.1) is 18.0 Å². The van der Waals surface area contributed by atoms with Crippen molar-refractivity contribution in [3.05, 3.63) is 26.6 Å². The Hall–Kier alpha value is -1.24. The first-order valence-electron chi connectivity index (χ1n) is 10.5. The lowest BCUT2D eigenvalue weighted by Gasteiger charge is -2.37. The lowest BCUT2D eigenvalue weighted by molar-refractivity contribution is 0.0837. The van der Waals surface area contributed by atoms with Crippen LogP contribution in [0.2, 0.25) is 0 Å². The maximum absolute atomic E-state index is 12.9. The number of nitrogens with zero attached hydrogens (tertiary/aromatic N) is 2. The Morgan fingerprint density at radius 3 is 2.81 bits per heavy atom. The van der Waals surface area contributed by atoms with Crippen LogP contribution < -0.4 is 5.56 Å². The summed E-state index contributed by atoms with van der Waals surface area (Å²) in [4.78, 5) is 25.5. The molecule has 1 saturated carbocycles. The third-order valence-electron chi connectivity index (χ3n) is 6.48. The van der Waals surface area contributed by atoms with Crippen molar-refractivity contribution in [3.8, 4) is 0 Å². The summed E-state index contributed by atoms with van der Waals surface area (Å²) in [6.45, 7) is 5.17. The molecule has 2 aromatic heterocycles. The van der Waals surface area contributed by atoms with E-state index in [0.29, 0.717) is 18.5 Å². The van der Waals surface area contributed by atoms with Crippen molar-refractivity contribution in [2.75, 3.05) is 13.2 Å². The monoisotopic (exact) mass is 389 g/mol. The smallest absolute Gasteiger partial charge is 0.259 e. The van der Waals surface area contributed by atoms with E-state index in [1.807, 2.05) is 0 Å².